The van der Waals surface area contributed by atoms with Crippen LogP contribution in [0.15, 0.2) is 0 Å². The van der Waals surface area contributed by atoms with Crippen LogP contribution in [0.1, 0.15) is 27.2 Å². The third kappa shape index (κ3) is 2.84. The zero-order valence-electron chi connectivity index (χ0n) is 9.67. The summed E-state index contributed by atoms with van der Waals surface area (Å²) in [6.45, 7) is 7.40. The molecule has 0 bridgehead atoms. The average Bonchev–Trinajstić information content (AvgIpc) is 2.74. The highest BCUT2D eigenvalue weighted by Gasteiger charge is 2.47. The zero-order chi connectivity index (χ0) is 11.1. The molecule has 3 atom stereocenters. The molecule has 0 aromatic rings. The molecule has 1 saturated heterocycles. The molecule has 2 fully saturated rings. The normalized spacial score (nSPS) is 33.4. The lowest BCUT2D eigenvalue weighted by Crippen LogP contribution is -2.36. The summed E-state index contributed by atoms with van der Waals surface area (Å²) in [5.41, 5.74) is -0.403. The fourth-order valence-electron chi connectivity index (χ4n) is 2.18. The van der Waals surface area contributed by atoms with Gasteiger partial charge in [0.2, 0.25) is 0 Å². The minimum absolute atomic E-state index is 0.299. The highest BCUT2D eigenvalue weighted by atomic mass is 16.6. The van der Waals surface area contributed by atoms with Crippen molar-refractivity contribution in [3.63, 3.8) is 0 Å². The molecule has 1 heterocycles. The van der Waals surface area contributed by atoms with Crippen LogP contribution in [0.2, 0.25) is 0 Å². The number of piperidine rings is 1. The van der Waals surface area contributed by atoms with E-state index in [4.69, 9.17) is 4.74 Å². The van der Waals surface area contributed by atoms with Gasteiger partial charge in [-0.15, -0.1) is 0 Å². The molecule has 1 unspecified atom stereocenters. The predicted molar refractivity (Wildman–Crippen MR) is 57.6 cm³/mol. The Bertz CT molecular complexity index is 260. The highest BCUT2D eigenvalue weighted by Crippen LogP contribution is 2.41. The average molecular weight is 212 g/mol. The number of alkyl carbamates (subject to hydrolysis) is 1. The summed E-state index contributed by atoms with van der Waals surface area (Å²) in [6, 6.07) is 0.732. The Morgan fingerprint density at radius 1 is 1.53 bits per heavy atom. The number of carbonyl (C=O) groups is 1. The van der Waals surface area contributed by atoms with Crippen LogP contribution >= 0.6 is 0 Å². The predicted octanol–water partition coefficient (Wildman–Crippen LogP) is 1.12. The van der Waals surface area contributed by atoms with Crippen LogP contribution in [0.5, 0.6) is 0 Å². The molecule has 0 aromatic carbocycles. The molecule has 0 radical (unpaired) electrons. The Morgan fingerprint density at radius 2 is 2.27 bits per heavy atom. The monoisotopic (exact) mass is 212 g/mol. The molecule has 2 aliphatic rings. The van der Waals surface area contributed by atoms with Gasteiger partial charge in [-0.3, -0.25) is 0 Å². The van der Waals surface area contributed by atoms with Crippen LogP contribution in [0, 0.1) is 11.8 Å². The van der Waals surface area contributed by atoms with E-state index in [1.807, 2.05) is 20.8 Å². The van der Waals surface area contributed by atoms with Gasteiger partial charge in [0.25, 0.3) is 0 Å². The van der Waals surface area contributed by atoms with Crippen molar-refractivity contribution in [3.05, 3.63) is 0 Å². The Balaban J connectivity index is 1.67. The van der Waals surface area contributed by atoms with E-state index in [1.54, 1.807) is 0 Å². The maximum Gasteiger partial charge on any atom is 0.407 e. The first kappa shape index (κ1) is 10.7. The number of amides is 1. The van der Waals surface area contributed by atoms with Crippen molar-refractivity contribution in [2.75, 3.05) is 13.1 Å². The van der Waals surface area contributed by atoms with Crippen molar-refractivity contribution >= 4 is 6.09 Å². The van der Waals surface area contributed by atoms with Crippen LogP contribution in [-0.4, -0.2) is 30.8 Å². The van der Waals surface area contributed by atoms with Gasteiger partial charge in [0.1, 0.15) is 5.60 Å². The van der Waals surface area contributed by atoms with Crippen LogP contribution in [0.3, 0.4) is 0 Å². The number of nitrogens with one attached hydrogen (secondary N) is 2. The first-order valence-electron chi connectivity index (χ1n) is 5.66. The number of fused-ring (bicyclic) bond motifs is 1. The molecule has 86 valence electrons. The fraction of sp³-hybridized carbons (Fsp3) is 0.909. The first-order chi connectivity index (χ1) is 6.96. The lowest BCUT2D eigenvalue weighted by molar-refractivity contribution is 0.0519. The Kier molecular flexibility index (Phi) is 2.63. The van der Waals surface area contributed by atoms with Gasteiger partial charge in [-0.25, -0.2) is 4.79 Å². The van der Waals surface area contributed by atoms with Gasteiger partial charge in [-0.2, -0.15) is 0 Å². The van der Waals surface area contributed by atoms with E-state index < -0.39 is 5.60 Å². The van der Waals surface area contributed by atoms with Gasteiger partial charge in [0.15, 0.2) is 0 Å². The maximum absolute atomic E-state index is 11.4. The third-order valence-corrected chi connectivity index (χ3v) is 2.99. The second-order valence-electron chi connectivity index (χ2n) is 5.56. The second-order valence-corrected chi connectivity index (χ2v) is 5.56. The number of carbonyl (C=O) groups excluding carboxylic acids is 1. The van der Waals surface area contributed by atoms with Crippen LogP contribution in [0.4, 0.5) is 4.79 Å². The van der Waals surface area contributed by atoms with E-state index in [-0.39, 0.29) is 6.09 Å². The lowest BCUT2D eigenvalue weighted by atomic mass is 10.1. The summed E-state index contributed by atoms with van der Waals surface area (Å²) in [4.78, 5) is 11.4. The summed E-state index contributed by atoms with van der Waals surface area (Å²) >= 11 is 0. The molecule has 0 aromatic heterocycles. The van der Waals surface area contributed by atoms with E-state index in [2.05, 4.69) is 10.6 Å². The summed E-state index contributed by atoms with van der Waals surface area (Å²) in [5, 5.41) is 6.26. The first-order valence-corrected chi connectivity index (χ1v) is 5.66. The van der Waals surface area contributed by atoms with E-state index in [1.165, 1.54) is 6.42 Å². The van der Waals surface area contributed by atoms with E-state index in [0.717, 1.165) is 25.0 Å². The van der Waals surface area contributed by atoms with E-state index in [0.29, 0.717) is 5.92 Å². The molecule has 4 nitrogen and oxygen atoms in total. The van der Waals surface area contributed by atoms with Crippen LogP contribution in [0.25, 0.3) is 0 Å². The Hall–Kier alpha value is -0.770. The molecule has 2 rings (SSSR count). The fourth-order valence-corrected chi connectivity index (χ4v) is 2.18. The molecular weight excluding hydrogens is 192 g/mol. The minimum atomic E-state index is -0.403. The van der Waals surface area contributed by atoms with Crippen molar-refractivity contribution in [1.29, 1.82) is 0 Å². The maximum atomic E-state index is 11.4. The molecule has 4 heteroatoms. The molecule has 1 amide bonds. The van der Waals surface area contributed by atoms with Crippen molar-refractivity contribution in [2.45, 2.75) is 38.8 Å². The summed E-state index contributed by atoms with van der Waals surface area (Å²) < 4.78 is 5.18. The molecule has 15 heavy (non-hydrogen) atoms. The molecule has 1 aliphatic heterocycles. The highest BCUT2D eigenvalue weighted by molar-refractivity contribution is 5.67. The minimum Gasteiger partial charge on any atom is -0.444 e. The standard InChI is InChI=1S/C11H20N2O2/c1-11(2,3)15-10(14)13-6-7-5-12-9-4-8(7)9/h7-9,12H,4-6H2,1-3H3,(H,13,14)/t7-,8+,9?/m0/s1. The van der Waals surface area contributed by atoms with E-state index in [9.17, 15) is 4.79 Å². The zero-order valence-corrected chi connectivity index (χ0v) is 9.67. The topological polar surface area (TPSA) is 50.4 Å². The summed E-state index contributed by atoms with van der Waals surface area (Å²) in [6.07, 6.45) is 0.979. The number of ether oxygens (including phenoxy) is 1. The lowest BCUT2D eigenvalue weighted by Gasteiger charge is -2.20. The molecule has 0 spiro atoms. The SMILES string of the molecule is CC(C)(C)OC(=O)NC[C@@H]1CNC2C[C@@H]21. The molecule has 1 saturated carbocycles. The van der Waals surface area contributed by atoms with Gasteiger partial charge in [-0.1, -0.05) is 0 Å². The molecule has 2 N–H and O–H groups in total. The van der Waals surface area contributed by atoms with Gasteiger partial charge in [0.05, 0.1) is 0 Å². The third-order valence-electron chi connectivity index (χ3n) is 2.99. The summed E-state index contributed by atoms with van der Waals surface area (Å²) in [5.74, 6) is 1.39. The van der Waals surface area contributed by atoms with Crippen LogP contribution < -0.4 is 10.6 Å². The van der Waals surface area contributed by atoms with Gasteiger partial charge >= 0.3 is 6.09 Å². The quantitative estimate of drug-likeness (QED) is 0.721. The smallest absolute Gasteiger partial charge is 0.407 e. The molecule has 1 aliphatic carbocycles. The second kappa shape index (κ2) is 3.67. The van der Waals surface area contributed by atoms with Gasteiger partial charge in [0, 0.05) is 19.1 Å². The number of hydrogen-bond donors (Lipinski definition) is 2. The van der Waals surface area contributed by atoms with Crippen molar-refractivity contribution in [3.8, 4) is 0 Å². The number of hydrogen-bond acceptors (Lipinski definition) is 3. The van der Waals surface area contributed by atoms with Crippen molar-refractivity contribution in [1.82, 2.24) is 10.6 Å². The van der Waals surface area contributed by atoms with Crippen molar-refractivity contribution < 1.29 is 9.53 Å². The largest absolute Gasteiger partial charge is 0.444 e. The summed E-state index contributed by atoms with van der Waals surface area (Å²) in [7, 11) is 0. The number of rotatable bonds is 2. The van der Waals surface area contributed by atoms with Gasteiger partial charge < -0.3 is 15.4 Å². The Morgan fingerprint density at radius 3 is 2.73 bits per heavy atom. The van der Waals surface area contributed by atoms with Crippen molar-refractivity contribution in [2.24, 2.45) is 11.8 Å². The van der Waals surface area contributed by atoms with Crippen LogP contribution in [-0.2, 0) is 4.74 Å². The van der Waals surface area contributed by atoms with Gasteiger partial charge in [-0.05, 0) is 39.0 Å². The van der Waals surface area contributed by atoms with E-state index >= 15 is 0 Å². The Labute approximate surface area is 90.8 Å². The molecular formula is C11H20N2O2.